The molecule has 1 N–H and O–H groups in total. The lowest BCUT2D eigenvalue weighted by Crippen LogP contribution is -2.49. The van der Waals surface area contributed by atoms with Gasteiger partial charge in [0.15, 0.2) is 0 Å². The quantitative estimate of drug-likeness (QED) is 0.150. The molecule has 35 heavy (non-hydrogen) atoms. The maximum Gasteiger partial charge on any atom is 0.311 e. The van der Waals surface area contributed by atoms with Gasteiger partial charge in [-0.15, -0.1) is 0 Å². The number of aldehydes is 1. The lowest BCUT2D eigenvalue weighted by Gasteiger charge is -2.45. The molecule has 7 unspecified atom stereocenters. The van der Waals surface area contributed by atoms with E-state index in [1.807, 2.05) is 0 Å². The van der Waals surface area contributed by atoms with E-state index in [9.17, 15) is 14.7 Å². The SMILES string of the molecule is CC(C)C1=CC2CC(C=O)[C@@H]3CC[C@@H](C)[C@H]3CC2(C2CC(CC3CCCC3)C(CI)O2)C1C(=O)O. The van der Waals surface area contributed by atoms with Crippen LogP contribution in [0.3, 0.4) is 0 Å². The van der Waals surface area contributed by atoms with Crippen LogP contribution in [0, 0.1) is 58.7 Å². The van der Waals surface area contributed by atoms with E-state index in [-0.39, 0.29) is 30.0 Å². The van der Waals surface area contributed by atoms with Crippen molar-refractivity contribution < 1.29 is 19.4 Å². The molecule has 0 aromatic heterocycles. The standard InChI is InChI=1S/C30H45IO4/c1-17(2)24-13-22-11-21(16-32)23-9-8-18(3)25(23)14-30(22,28(24)29(33)34)27-12-20(26(15-31)35-27)10-19-6-4-5-7-19/h13,16-23,25-28H,4-12,14-15H2,1-3H3,(H,33,34)/t18-,20?,21?,22?,23+,25-,26?,27?,28?,30?/m1/s1. The van der Waals surface area contributed by atoms with Crippen LogP contribution in [0.4, 0.5) is 0 Å². The van der Waals surface area contributed by atoms with E-state index < -0.39 is 17.3 Å². The van der Waals surface area contributed by atoms with Crippen molar-refractivity contribution >= 4 is 34.8 Å². The minimum atomic E-state index is -0.673. The molecule has 1 saturated heterocycles. The summed E-state index contributed by atoms with van der Waals surface area (Å²) in [5, 5.41) is 10.8. The molecule has 0 bridgehead atoms. The highest BCUT2D eigenvalue weighted by molar-refractivity contribution is 14.1. The summed E-state index contributed by atoms with van der Waals surface area (Å²) in [4.78, 5) is 25.5. The number of rotatable bonds is 7. The average Bonchev–Trinajstić information content (AvgIpc) is 3.59. The lowest BCUT2D eigenvalue weighted by atomic mass is 9.59. The molecule has 0 radical (unpaired) electrons. The van der Waals surface area contributed by atoms with Gasteiger partial charge in [-0.1, -0.05) is 87.1 Å². The number of fused-ring (bicyclic) bond motifs is 2. The van der Waals surface area contributed by atoms with Crippen LogP contribution >= 0.6 is 22.6 Å². The van der Waals surface area contributed by atoms with E-state index in [0.29, 0.717) is 23.7 Å². The average molecular weight is 597 g/mol. The number of halogens is 1. The highest BCUT2D eigenvalue weighted by Gasteiger charge is 2.64. The molecule has 0 aromatic rings. The largest absolute Gasteiger partial charge is 0.481 e. The zero-order valence-corrected chi connectivity index (χ0v) is 24.0. The Kier molecular flexibility index (Phi) is 7.77. The van der Waals surface area contributed by atoms with Crippen LogP contribution < -0.4 is 0 Å². The van der Waals surface area contributed by atoms with Crippen LogP contribution in [-0.4, -0.2) is 34.0 Å². The number of allylic oxidation sites excluding steroid dienone is 1. The van der Waals surface area contributed by atoms with Crippen molar-refractivity contribution in [3.05, 3.63) is 11.6 Å². The number of ether oxygens (including phenoxy) is 1. The molecular weight excluding hydrogens is 551 g/mol. The highest BCUT2D eigenvalue weighted by atomic mass is 127. The fourth-order valence-electron chi connectivity index (χ4n) is 9.48. The number of carboxylic acids is 1. The third kappa shape index (κ3) is 4.46. The van der Waals surface area contributed by atoms with Gasteiger partial charge < -0.3 is 14.6 Å². The third-order valence-corrected chi connectivity index (χ3v) is 12.1. The summed E-state index contributed by atoms with van der Waals surface area (Å²) in [6.07, 6.45) is 15.4. The van der Waals surface area contributed by atoms with Gasteiger partial charge in [-0.25, -0.2) is 0 Å². The van der Waals surface area contributed by atoms with Crippen molar-refractivity contribution in [3.63, 3.8) is 0 Å². The predicted molar refractivity (Wildman–Crippen MR) is 146 cm³/mol. The van der Waals surface area contributed by atoms with E-state index >= 15 is 0 Å². The van der Waals surface area contributed by atoms with Crippen LogP contribution in [0.2, 0.25) is 0 Å². The summed E-state index contributed by atoms with van der Waals surface area (Å²) >= 11 is 2.49. The number of aliphatic carboxylic acids is 1. The Hall–Kier alpha value is -0.430. The van der Waals surface area contributed by atoms with E-state index in [1.165, 1.54) is 38.4 Å². The van der Waals surface area contributed by atoms with Crippen LogP contribution in [0.5, 0.6) is 0 Å². The number of carbonyl (C=O) groups is 2. The Morgan fingerprint density at radius 3 is 2.57 bits per heavy atom. The molecule has 5 rings (SSSR count). The summed E-state index contributed by atoms with van der Waals surface area (Å²) in [5.74, 6) is 1.94. The molecule has 196 valence electrons. The third-order valence-electron chi connectivity index (χ3n) is 11.2. The first-order chi connectivity index (χ1) is 16.8. The van der Waals surface area contributed by atoms with Gasteiger partial charge in [-0.2, -0.15) is 0 Å². The molecule has 4 nitrogen and oxygen atoms in total. The summed E-state index contributed by atoms with van der Waals surface area (Å²) < 4.78 is 7.98. The van der Waals surface area contributed by atoms with Crippen molar-refractivity contribution in [1.82, 2.24) is 0 Å². The van der Waals surface area contributed by atoms with E-state index in [4.69, 9.17) is 4.74 Å². The fraction of sp³-hybridized carbons (Fsp3) is 0.867. The highest BCUT2D eigenvalue weighted by Crippen LogP contribution is 2.65. The summed E-state index contributed by atoms with van der Waals surface area (Å²) in [6.45, 7) is 6.63. The van der Waals surface area contributed by atoms with Crippen LogP contribution in [0.25, 0.3) is 0 Å². The first-order valence-corrected chi connectivity index (χ1v) is 15.9. The molecule has 0 spiro atoms. The Morgan fingerprint density at radius 2 is 1.94 bits per heavy atom. The number of hydrogen-bond acceptors (Lipinski definition) is 3. The van der Waals surface area contributed by atoms with Gasteiger partial charge in [-0.05, 0) is 73.5 Å². The Labute approximate surface area is 225 Å². The first kappa shape index (κ1) is 26.2. The van der Waals surface area contributed by atoms with Crippen molar-refractivity contribution in [2.75, 3.05) is 4.43 Å². The maximum atomic E-state index is 13.1. The van der Waals surface area contributed by atoms with Crippen molar-refractivity contribution in [3.8, 4) is 0 Å². The number of carboxylic acid groups (broad SMARTS) is 1. The monoisotopic (exact) mass is 596 g/mol. The smallest absolute Gasteiger partial charge is 0.311 e. The predicted octanol–water partition coefficient (Wildman–Crippen LogP) is 6.95. The molecule has 0 aromatic carbocycles. The molecule has 1 aliphatic heterocycles. The first-order valence-electron chi connectivity index (χ1n) is 14.4. The van der Waals surface area contributed by atoms with Crippen molar-refractivity contribution in [1.29, 1.82) is 0 Å². The zero-order chi connectivity index (χ0) is 24.9. The normalized spacial score (nSPS) is 45.9. The minimum Gasteiger partial charge on any atom is -0.481 e. The Morgan fingerprint density at radius 1 is 1.20 bits per heavy atom. The summed E-state index contributed by atoms with van der Waals surface area (Å²) in [7, 11) is 0. The Bertz CT molecular complexity index is 832. The minimum absolute atomic E-state index is 0.0221. The molecule has 1 heterocycles. The molecule has 5 heteroatoms. The second-order valence-corrected chi connectivity index (χ2v) is 14.0. The molecule has 10 atom stereocenters. The topological polar surface area (TPSA) is 63.6 Å². The van der Waals surface area contributed by atoms with E-state index in [2.05, 4.69) is 49.4 Å². The molecule has 3 saturated carbocycles. The molecule has 5 aliphatic rings. The van der Waals surface area contributed by atoms with Gasteiger partial charge >= 0.3 is 5.97 Å². The second kappa shape index (κ2) is 10.4. The Balaban J connectivity index is 1.55. The van der Waals surface area contributed by atoms with Crippen LogP contribution in [-0.2, 0) is 14.3 Å². The number of alkyl halides is 1. The fourth-order valence-corrected chi connectivity index (χ4v) is 10.4. The summed E-state index contributed by atoms with van der Waals surface area (Å²) in [5.41, 5.74) is 0.671. The van der Waals surface area contributed by atoms with E-state index in [0.717, 1.165) is 48.0 Å². The zero-order valence-electron chi connectivity index (χ0n) is 21.8. The van der Waals surface area contributed by atoms with Gasteiger partial charge in [0.2, 0.25) is 0 Å². The maximum absolute atomic E-state index is 13.1. The molecule has 4 aliphatic carbocycles. The van der Waals surface area contributed by atoms with Gasteiger partial charge in [0.1, 0.15) is 6.29 Å². The summed E-state index contributed by atoms with van der Waals surface area (Å²) in [6, 6.07) is 0. The lowest BCUT2D eigenvalue weighted by molar-refractivity contribution is -0.154. The van der Waals surface area contributed by atoms with E-state index in [1.54, 1.807) is 0 Å². The van der Waals surface area contributed by atoms with Gasteiger partial charge in [-0.3, -0.25) is 4.79 Å². The number of carbonyl (C=O) groups excluding carboxylic acids is 1. The van der Waals surface area contributed by atoms with Crippen LogP contribution in [0.15, 0.2) is 11.6 Å². The van der Waals surface area contributed by atoms with Crippen molar-refractivity contribution in [2.24, 2.45) is 58.7 Å². The van der Waals surface area contributed by atoms with Gasteiger partial charge in [0.05, 0.1) is 18.1 Å². The van der Waals surface area contributed by atoms with Crippen LogP contribution in [0.1, 0.15) is 85.0 Å². The van der Waals surface area contributed by atoms with Gasteiger partial charge in [0, 0.05) is 15.8 Å². The van der Waals surface area contributed by atoms with Gasteiger partial charge in [0.25, 0.3) is 0 Å². The van der Waals surface area contributed by atoms with Crippen molar-refractivity contribution in [2.45, 2.75) is 97.2 Å². The molecule has 4 fully saturated rings. The number of hydrogen-bond donors (Lipinski definition) is 1. The molecular formula is C30H45IO4. The second-order valence-electron chi connectivity index (χ2n) is 13.1. The molecule has 0 amide bonds.